The number of halogens is 2. The molecule has 0 unspecified atom stereocenters. The molecule has 0 spiro atoms. The third kappa shape index (κ3) is 4.00. The highest BCUT2D eigenvalue weighted by atomic mass is 35.5. The van der Waals surface area contributed by atoms with Crippen molar-refractivity contribution in [2.75, 3.05) is 0 Å². The fraction of sp³-hybridized carbons (Fsp3) is 0.200. The third-order valence-electron chi connectivity index (χ3n) is 4.51. The molecule has 1 N–H and O–H groups in total. The highest BCUT2D eigenvalue weighted by Gasteiger charge is 2.24. The Kier molecular flexibility index (Phi) is 5.16. The van der Waals surface area contributed by atoms with Gasteiger partial charge in [-0.1, -0.05) is 53.5 Å². The van der Waals surface area contributed by atoms with Crippen LogP contribution in [0.15, 0.2) is 54.6 Å². The maximum atomic E-state index is 12.5. The number of rotatable bonds is 4. The highest BCUT2D eigenvalue weighted by molar-refractivity contribution is 6.31. The summed E-state index contributed by atoms with van der Waals surface area (Å²) in [6.45, 7) is 1.30. The van der Waals surface area contributed by atoms with E-state index in [0.717, 1.165) is 16.8 Å². The fourth-order valence-electron chi connectivity index (χ4n) is 3.02. The first-order valence-corrected chi connectivity index (χ1v) is 9.31. The van der Waals surface area contributed by atoms with Crippen molar-refractivity contribution in [3.63, 3.8) is 0 Å². The number of hydrogen-bond acceptors (Lipinski definition) is 3. The summed E-state index contributed by atoms with van der Waals surface area (Å²) in [6.07, 6.45) is -0.117. The van der Waals surface area contributed by atoms with Crippen molar-refractivity contribution in [3.8, 4) is 0 Å². The van der Waals surface area contributed by atoms with Crippen LogP contribution in [0.4, 0.5) is 0 Å². The molecule has 2 heterocycles. The van der Waals surface area contributed by atoms with Gasteiger partial charge in [0.15, 0.2) is 5.69 Å². The largest absolute Gasteiger partial charge is 0.365 e. The molecule has 2 aromatic carbocycles. The maximum absolute atomic E-state index is 12.5. The van der Waals surface area contributed by atoms with Crippen molar-refractivity contribution in [2.24, 2.45) is 0 Å². The molecule has 1 aromatic heterocycles. The van der Waals surface area contributed by atoms with Gasteiger partial charge in [-0.05, 0) is 35.4 Å². The van der Waals surface area contributed by atoms with Crippen LogP contribution in [-0.2, 0) is 24.4 Å². The van der Waals surface area contributed by atoms with E-state index in [4.69, 9.17) is 27.9 Å². The summed E-state index contributed by atoms with van der Waals surface area (Å²) in [5.74, 6) is -0.236. The van der Waals surface area contributed by atoms with E-state index < -0.39 is 0 Å². The molecule has 7 heteroatoms. The number of nitrogens with one attached hydrogen (secondary N) is 1. The maximum Gasteiger partial charge on any atom is 0.272 e. The average Bonchev–Trinajstić information content (AvgIpc) is 3.11. The summed E-state index contributed by atoms with van der Waals surface area (Å²) in [4.78, 5) is 12.5. The molecule has 5 nitrogen and oxygen atoms in total. The summed E-state index contributed by atoms with van der Waals surface area (Å²) < 4.78 is 7.74. The average molecular weight is 402 g/mol. The topological polar surface area (TPSA) is 56.2 Å². The second-order valence-electron chi connectivity index (χ2n) is 6.33. The molecule has 3 aromatic rings. The molecule has 1 amide bonds. The highest BCUT2D eigenvalue weighted by Crippen LogP contribution is 2.27. The molecule has 0 fully saturated rings. The first-order chi connectivity index (χ1) is 13.1. The molecule has 0 aliphatic carbocycles. The van der Waals surface area contributed by atoms with Gasteiger partial charge in [-0.2, -0.15) is 5.10 Å². The van der Waals surface area contributed by atoms with Crippen LogP contribution in [0.3, 0.4) is 0 Å². The summed E-state index contributed by atoms with van der Waals surface area (Å²) >= 11 is 12.1. The minimum absolute atomic E-state index is 0.117. The standard InChI is InChI=1S/C20H17Cl2N3O2/c21-15-7-5-13(6-8-15)19-11-25-16(12-27-19)9-18(24-25)20(26)23-10-14-3-1-2-4-17(14)22/h1-9,19H,10-12H2,(H,23,26)/t19-/m0/s1. The zero-order valence-electron chi connectivity index (χ0n) is 14.4. The van der Waals surface area contributed by atoms with Crippen LogP contribution in [0.1, 0.15) is 33.4 Å². The van der Waals surface area contributed by atoms with E-state index >= 15 is 0 Å². The second-order valence-corrected chi connectivity index (χ2v) is 7.17. The van der Waals surface area contributed by atoms with E-state index in [1.165, 1.54) is 0 Å². The molecular weight excluding hydrogens is 385 g/mol. The zero-order chi connectivity index (χ0) is 18.8. The van der Waals surface area contributed by atoms with Crippen LogP contribution in [0.25, 0.3) is 0 Å². The van der Waals surface area contributed by atoms with E-state index in [2.05, 4.69) is 10.4 Å². The number of fused-ring (bicyclic) bond motifs is 1. The Morgan fingerprint density at radius 3 is 2.74 bits per heavy atom. The first kappa shape index (κ1) is 18.0. The first-order valence-electron chi connectivity index (χ1n) is 8.55. The number of hydrogen-bond donors (Lipinski definition) is 1. The SMILES string of the molecule is O=C(NCc1ccccc1Cl)c1cc2n(n1)C[C@@H](c1ccc(Cl)cc1)OC2. The van der Waals surface area contributed by atoms with E-state index in [1.807, 2.05) is 47.1 Å². The van der Waals surface area contributed by atoms with Gasteiger partial charge in [0.25, 0.3) is 5.91 Å². The van der Waals surface area contributed by atoms with Crippen molar-refractivity contribution < 1.29 is 9.53 Å². The molecule has 0 saturated heterocycles. The monoisotopic (exact) mass is 401 g/mol. The predicted octanol–water partition coefficient (Wildman–Crippen LogP) is 4.39. The van der Waals surface area contributed by atoms with Crippen LogP contribution < -0.4 is 5.32 Å². The summed E-state index contributed by atoms with van der Waals surface area (Å²) in [6, 6.07) is 16.7. The zero-order valence-corrected chi connectivity index (χ0v) is 15.9. The molecule has 1 atom stereocenters. The summed E-state index contributed by atoms with van der Waals surface area (Å²) in [7, 11) is 0. The van der Waals surface area contributed by atoms with Crippen molar-refractivity contribution in [3.05, 3.63) is 87.2 Å². The van der Waals surface area contributed by atoms with Gasteiger partial charge in [0, 0.05) is 16.6 Å². The van der Waals surface area contributed by atoms with Gasteiger partial charge in [-0.15, -0.1) is 0 Å². The number of benzene rings is 2. The Labute approximate surface area is 166 Å². The fourth-order valence-corrected chi connectivity index (χ4v) is 3.35. The van der Waals surface area contributed by atoms with Gasteiger partial charge in [0.05, 0.1) is 18.8 Å². The van der Waals surface area contributed by atoms with Gasteiger partial charge in [0.1, 0.15) is 6.10 Å². The van der Waals surface area contributed by atoms with Crippen LogP contribution in [0.2, 0.25) is 10.0 Å². The second kappa shape index (κ2) is 7.72. The van der Waals surface area contributed by atoms with Crippen molar-refractivity contribution >= 4 is 29.1 Å². The number of aromatic nitrogens is 2. The molecule has 0 radical (unpaired) electrons. The molecule has 27 heavy (non-hydrogen) atoms. The molecule has 0 saturated carbocycles. The van der Waals surface area contributed by atoms with Gasteiger partial charge < -0.3 is 10.1 Å². The van der Waals surface area contributed by atoms with Gasteiger partial charge in [0.2, 0.25) is 0 Å². The number of amides is 1. The lowest BCUT2D eigenvalue weighted by molar-refractivity contribution is -0.00119. The number of carbonyl (C=O) groups excluding carboxylic acids is 1. The van der Waals surface area contributed by atoms with E-state index in [-0.39, 0.29) is 12.0 Å². The Morgan fingerprint density at radius 1 is 1.19 bits per heavy atom. The van der Waals surface area contributed by atoms with Crippen molar-refractivity contribution in [1.29, 1.82) is 0 Å². The molecule has 4 rings (SSSR count). The van der Waals surface area contributed by atoms with Crippen LogP contribution in [0.5, 0.6) is 0 Å². The molecule has 0 bridgehead atoms. The minimum Gasteiger partial charge on any atom is -0.365 e. The van der Waals surface area contributed by atoms with E-state index in [9.17, 15) is 4.79 Å². The van der Waals surface area contributed by atoms with Crippen LogP contribution in [-0.4, -0.2) is 15.7 Å². The normalized spacial score (nSPS) is 16.0. The predicted molar refractivity (Wildman–Crippen MR) is 104 cm³/mol. The Morgan fingerprint density at radius 2 is 1.96 bits per heavy atom. The molecule has 1 aliphatic rings. The minimum atomic E-state index is -0.236. The Bertz CT molecular complexity index is 970. The number of nitrogens with zero attached hydrogens (tertiary/aromatic N) is 2. The van der Waals surface area contributed by atoms with Crippen molar-refractivity contribution in [2.45, 2.75) is 25.8 Å². The summed E-state index contributed by atoms with van der Waals surface area (Å²) in [5, 5.41) is 8.62. The van der Waals surface area contributed by atoms with Gasteiger partial charge in [-0.3, -0.25) is 9.48 Å². The Hall–Kier alpha value is -2.34. The molecular formula is C20H17Cl2N3O2. The lowest BCUT2D eigenvalue weighted by Gasteiger charge is -2.24. The quantitative estimate of drug-likeness (QED) is 0.704. The van der Waals surface area contributed by atoms with Crippen LogP contribution >= 0.6 is 23.2 Å². The van der Waals surface area contributed by atoms with E-state index in [0.29, 0.717) is 35.4 Å². The molecule has 138 valence electrons. The van der Waals surface area contributed by atoms with E-state index in [1.54, 1.807) is 12.1 Å². The molecule has 1 aliphatic heterocycles. The lowest BCUT2D eigenvalue weighted by atomic mass is 10.1. The summed E-state index contributed by atoms with van der Waals surface area (Å²) in [5.41, 5.74) is 3.15. The smallest absolute Gasteiger partial charge is 0.272 e. The number of ether oxygens (including phenoxy) is 1. The third-order valence-corrected chi connectivity index (χ3v) is 5.13. The Balaban J connectivity index is 1.44. The van der Waals surface area contributed by atoms with Crippen molar-refractivity contribution in [1.82, 2.24) is 15.1 Å². The van der Waals surface area contributed by atoms with Gasteiger partial charge >= 0.3 is 0 Å². The van der Waals surface area contributed by atoms with Crippen LogP contribution in [0, 0.1) is 0 Å². The van der Waals surface area contributed by atoms with Gasteiger partial charge in [-0.25, -0.2) is 0 Å². The number of carbonyl (C=O) groups is 1. The lowest BCUT2D eigenvalue weighted by Crippen LogP contribution is -2.24.